The first-order valence-electron chi connectivity index (χ1n) is 11.0. The van der Waals surface area contributed by atoms with Crippen molar-refractivity contribution in [3.63, 3.8) is 0 Å². The maximum Gasteiger partial charge on any atom is 0.417 e. The monoisotopic (exact) mass is 461 g/mol. The molecule has 3 N–H and O–H groups in total. The number of carboxylic acid groups (broad SMARTS) is 1. The first kappa shape index (κ1) is 23.2. The Kier molecular flexibility index (Phi) is 6.66. The fourth-order valence-corrected chi connectivity index (χ4v) is 4.55. The number of hydrogen-bond acceptors (Lipinski definition) is 5. The Hall–Kier alpha value is -2.98. The maximum atomic E-state index is 13.2. The van der Waals surface area contributed by atoms with Crippen molar-refractivity contribution in [2.75, 3.05) is 13.1 Å². The summed E-state index contributed by atoms with van der Waals surface area (Å²) in [5, 5.41) is 9.83. The molecule has 0 bridgehead atoms. The van der Waals surface area contributed by atoms with Gasteiger partial charge < -0.3 is 10.8 Å². The van der Waals surface area contributed by atoms with Crippen molar-refractivity contribution < 1.29 is 23.1 Å². The van der Waals surface area contributed by atoms with Gasteiger partial charge in [-0.25, -0.2) is 14.3 Å². The lowest BCUT2D eigenvalue weighted by Crippen LogP contribution is -2.34. The van der Waals surface area contributed by atoms with Crippen LogP contribution >= 0.6 is 0 Å². The van der Waals surface area contributed by atoms with E-state index < -0.39 is 17.8 Å². The molecule has 1 aliphatic carbocycles. The summed E-state index contributed by atoms with van der Waals surface area (Å²) in [4.78, 5) is 23.1. The lowest BCUT2D eigenvalue weighted by molar-refractivity contribution is -0.137. The zero-order valence-corrected chi connectivity index (χ0v) is 18.1. The van der Waals surface area contributed by atoms with E-state index in [0.29, 0.717) is 13.1 Å². The molecule has 1 aromatic carbocycles. The van der Waals surface area contributed by atoms with Gasteiger partial charge in [0, 0.05) is 6.20 Å². The van der Waals surface area contributed by atoms with E-state index in [0.717, 1.165) is 54.5 Å². The lowest BCUT2D eigenvalue weighted by Gasteiger charge is -2.34. The van der Waals surface area contributed by atoms with Crippen molar-refractivity contribution in [1.29, 1.82) is 0 Å². The molecule has 2 aromatic heterocycles. The number of halogens is 3. The molecule has 0 fully saturated rings. The van der Waals surface area contributed by atoms with Gasteiger partial charge in [0.15, 0.2) is 0 Å². The number of nitrogens with two attached hydrogens (primary N) is 1. The van der Waals surface area contributed by atoms with Crippen molar-refractivity contribution in [2.45, 2.75) is 50.9 Å². The molecule has 0 aliphatic heterocycles. The molecule has 1 unspecified atom stereocenters. The van der Waals surface area contributed by atoms with Crippen LogP contribution in [0.1, 0.15) is 54.4 Å². The Morgan fingerprint density at radius 2 is 2.09 bits per heavy atom. The third kappa shape index (κ3) is 4.86. The van der Waals surface area contributed by atoms with Gasteiger partial charge in [0.2, 0.25) is 0 Å². The summed E-state index contributed by atoms with van der Waals surface area (Å²) in [6, 6.07) is 6.88. The molecule has 7 nitrogen and oxygen atoms in total. The van der Waals surface area contributed by atoms with E-state index in [-0.39, 0.29) is 29.4 Å². The van der Waals surface area contributed by atoms with Crippen molar-refractivity contribution in [2.24, 2.45) is 5.73 Å². The molecule has 0 saturated heterocycles. The highest BCUT2D eigenvalue weighted by Crippen LogP contribution is 2.35. The Bertz CT molecular complexity index is 1140. The van der Waals surface area contributed by atoms with Crippen LogP contribution in [0.5, 0.6) is 0 Å². The van der Waals surface area contributed by atoms with E-state index >= 15 is 0 Å². The summed E-state index contributed by atoms with van der Waals surface area (Å²) in [5.74, 6) is 0.188. The minimum atomic E-state index is -4.53. The number of aryl methyl sites for hydroxylation is 1. The van der Waals surface area contributed by atoms with Gasteiger partial charge in [-0.1, -0.05) is 6.07 Å². The number of hydrogen-bond donors (Lipinski definition) is 2. The van der Waals surface area contributed by atoms with Gasteiger partial charge in [0.05, 0.1) is 34.9 Å². The molecule has 0 amide bonds. The van der Waals surface area contributed by atoms with Crippen LogP contribution in [0.4, 0.5) is 18.0 Å². The second kappa shape index (κ2) is 9.48. The van der Waals surface area contributed by atoms with Crippen LogP contribution in [0.3, 0.4) is 0 Å². The highest BCUT2D eigenvalue weighted by Gasteiger charge is 2.32. The number of nitrogens with zero attached hydrogens (tertiary/aromatic N) is 4. The van der Waals surface area contributed by atoms with E-state index in [4.69, 9.17) is 5.73 Å². The van der Waals surface area contributed by atoms with Crippen molar-refractivity contribution in [1.82, 2.24) is 19.4 Å². The summed E-state index contributed by atoms with van der Waals surface area (Å²) in [7, 11) is 0. The molecule has 2 heterocycles. The number of carbonyl (C=O) groups is 1. The van der Waals surface area contributed by atoms with Crippen molar-refractivity contribution >= 4 is 17.1 Å². The largest absolute Gasteiger partial charge is 0.464 e. The fourth-order valence-electron chi connectivity index (χ4n) is 4.55. The normalized spacial score (nSPS) is 16.3. The molecule has 4 rings (SSSR count). The van der Waals surface area contributed by atoms with Gasteiger partial charge in [-0.15, -0.1) is 0 Å². The molecule has 0 saturated carbocycles. The van der Waals surface area contributed by atoms with Crippen LogP contribution in [-0.2, 0) is 19.1 Å². The highest BCUT2D eigenvalue weighted by molar-refractivity contribution is 5.87. The molecule has 176 valence electrons. The van der Waals surface area contributed by atoms with Crippen LogP contribution in [0.25, 0.3) is 11.0 Å². The fraction of sp³-hybridized carbons (Fsp3) is 0.435. The van der Waals surface area contributed by atoms with E-state index in [9.17, 15) is 23.1 Å². The average Bonchev–Trinajstić information content (AvgIpc) is 3.15. The molecular formula is C23H26F3N5O2. The van der Waals surface area contributed by atoms with Gasteiger partial charge >= 0.3 is 12.3 Å². The Balaban J connectivity index is 1.73. The van der Waals surface area contributed by atoms with Crippen LogP contribution in [0.15, 0.2) is 36.5 Å². The lowest BCUT2D eigenvalue weighted by atomic mass is 9.90. The second-order valence-electron chi connectivity index (χ2n) is 8.27. The van der Waals surface area contributed by atoms with Gasteiger partial charge in [0.1, 0.15) is 5.82 Å². The number of rotatable bonds is 7. The third-order valence-electron chi connectivity index (χ3n) is 6.09. The maximum absolute atomic E-state index is 13.2. The zero-order valence-electron chi connectivity index (χ0n) is 18.1. The Morgan fingerprint density at radius 3 is 2.82 bits per heavy atom. The predicted molar refractivity (Wildman–Crippen MR) is 117 cm³/mol. The second-order valence-corrected chi connectivity index (χ2v) is 8.27. The van der Waals surface area contributed by atoms with Gasteiger partial charge in [-0.05, 0) is 75.0 Å². The standard InChI is InChI=1S/C23H26F3N5O2/c24-23(25,26)16-8-9-18-17(13-16)29-20(31(18)22(32)33)14-30(12-2-1-10-27)19-7-3-5-15-6-4-11-28-21(15)19/h4,6,8-9,11,13,19H,1-3,5,7,10,12,14,27H2,(H,32,33). The number of unbranched alkanes of at least 4 members (excludes halogenated alkanes) is 1. The minimum Gasteiger partial charge on any atom is -0.464 e. The highest BCUT2D eigenvalue weighted by atomic mass is 19.4. The first-order chi connectivity index (χ1) is 15.8. The van der Waals surface area contributed by atoms with Gasteiger partial charge in [-0.2, -0.15) is 13.2 Å². The molecule has 10 heteroatoms. The van der Waals surface area contributed by atoms with E-state index in [1.54, 1.807) is 6.20 Å². The predicted octanol–water partition coefficient (Wildman–Crippen LogP) is 4.59. The van der Waals surface area contributed by atoms with Crippen LogP contribution in [0, 0.1) is 0 Å². The summed E-state index contributed by atoms with van der Waals surface area (Å²) >= 11 is 0. The third-order valence-corrected chi connectivity index (χ3v) is 6.09. The number of imidazole rings is 1. The van der Waals surface area contributed by atoms with Gasteiger partial charge in [-0.3, -0.25) is 9.88 Å². The SMILES string of the molecule is NCCCCN(Cc1nc2cc(C(F)(F)F)ccc2n1C(=O)O)C1CCCc2cccnc21. The van der Waals surface area contributed by atoms with Crippen LogP contribution in [-0.4, -0.2) is 43.7 Å². The Morgan fingerprint density at radius 1 is 1.27 bits per heavy atom. The molecule has 1 atom stereocenters. The number of pyridine rings is 1. The van der Waals surface area contributed by atoms with E-state index in [1.807, 2.05) is 6.07 Å². The smallest absolute Gasteiger partial charge is 0.417 e. The molecule has 0 radical (unpaired) electrons. The summed E-state index contributed by atoms with van der Waals surface area (Å²) < 4.78 is 40.5. The van der Waals surface area contributed by atoms with Crippen LogP contribution < -0.4 is 5.73 Å². The average molecular weight is 461 g/mol. The summed E-state index contributed by atoms with van der Waals surface area (Å²) in [6.07, 6.45) is 0.316. The Labute approximate surface area is 189 Å². The van der Waals surface area contributed by atoms with E-state index in [1.165, 1.54) is 11.6 Å². The summed E-state index contributed by atoms with van der Waals surface area (Å²) in [5.41, 5.74) is 7.08. The first-order valence-corrected chi connectivity index (χ1v) is 11.0. The van der Waals surface area contributed by atoms with E-state index in [2.05, 4.69) is 20.9 Å². The quantitative estimate of drug-likeness (QED) is 0.500. The minimum absolute atomic E-state index is 0.00584. The van der Waals surface area contributed by atoms with Crippen molar-refractivity contribution in [3.8, 4) is 0 Å². The number of alkyl halides is 3. The van der Waals surface area contributed by atoms with Gasteiger partial charge in [0.25, 0.3) is 0 Å². The van der Waals surface area contributed by atoms with Crippen molar-refractivity contribution in [3.05, 3.63) is 59.2 Å². The number of fused-ring (bicyclic) bond motifs is 2. The zero-order chi connectivity index (χ0) is 23.6. The molecule has 3 aromatic rings. The molecular weight excluding hydrogens is 435 g/mol. The topological polar surface area (TPSA) is 97.3 Å². The molecule has 1 aliphatic rings. The van der Waals surface area contributed by atoms with Crippen LogP contribution in [0.2, 0.25) is 0 Å². The summed E-state index contributed by atoms with van der Waals surface area (Å²) in [6.45, 7) is 1.36. The number of aromatic nitrogens is 3. The molecule has 0 spiro atoms. The number of benzene rings is 1. The molecule has 33 heavy (non-hydrogen) atoms.